The summed E-state index contributed by atoms with van der Waals surface area (Å²) in [6.45, 7) is 0. The van der Waals surface area contributed by atoms with E-state index in [0.717, 1.165) is 6.07 Å². The summed E-state index contributed by atoms with van der Waals surface area (Å²) in [6, 6.07) is 6.65. The lowest BCUT2D eigenvalue weighted by Crippen LogP contribution is -2.12. The van der Waals surface area contributed by atoms with E-state index in [2.05, 4.69) is 10.3 Å². The van der Waals surface area contributed by atoms with Crippen LogP contribution in [0.4, 0.5) is 11.4 Å². The molecule has 0 aliphatic heterocycles. The fourth-order valence-electron chi connectivity index (χ4n) is 1.48. The average Bonchev–Trinajstić information content (AvgIpc) is 2.38. The Morgan fingerprint density at radius 1 is 1.25 bits per heavy atom. The highest BCUT2D eigenvalue weighted by molar-refractivity contribution is 6.34. The zero-order valence-electron chi connectivity index (χ0n) is 9.84. The van der Waals surface area contributed by atoms with Gasteiger partial charge in [0.05, 0.1) is 15.5 Å². The Morgan fingerprint density at radius 2 is 2.00 bits per heavy atom. The fourth-order valence-corrected chi connectivity index (χ4v) is 1.91. The molecule has 1 aromatic carbocycles. The van der Waals surface area contributed by atoms with Crippen molar-refractivity contribution < 1.29 is 9.72 Å². The summed E-state index contributed by atoms with van der Waals surface area (Å²) in [5, 5.41) is 13.4. The number of amides is 1. The van der Waals surface area contributed by atoms with Gasteiger partial charge < -0.3 is 5.32 Å². The maximum Gasteiger partial charge on any atom is 0.270 e. The second kappa shape index (κ2) is 5.85. The van der Waals surface area contributed by atoms with Crippen LogP contribution in [0.3, 0.4) is 0 Å². The van der Waals surface area contributed by atoms with Gasteiger partial charge in [-0.05, 0) is 18.2 Å². The molecule has 0 saturated heterocycles. The lowest BCUT2D eigenvalue weighted by molar-refractivity contribution is -0.384. The standard InChI is InChI=1S/C12H7Cl2N3O3/c13-10-6-8(17(19)20)1-2-9(10)12(18)16-7-3-4-15-11(14)5-7/h1-6H,(H,15,16,18). The van der Waals surface area contributed by atoms with Gasteiger partial charge in [-0.1, -0.05) is 23.2 Å². The first-order chi connectivity index (χ1) is 9.47. The largest absolute Gasteiger partial charge is 0.322 e. The van der Waals surface area contributed by atoms with Crippen molar-refractivity contribution in [1.29, 1.82) is 0 Å². The molecule has 6 nitrogen and oxygen atoms in total. The topological polar surface area (TPSA) is 85.1 Å². The van der Waals surface area contributed by atoms with Crippen LogP contribution in [0.25, 0.3) is 0 Å². The predicted octanol–water partition coefficient (Wildman–Crippen LogP) is 3.55. The highest BCUT2D eigenvalue weighted by atomic mass is 35.5. The fraction of sp³-hybridized carbons (Fsp3) is 0. The number of nitrogens with one attached hydrogen (secondary N) is 1. The van der Waals surface area contributed by atoms with Crippen molar-refractivity contribution in [3.63, 3.8) is 0 Å². The van der Waals surface area contributed by atoms with Crippen molar-refractivity contribution in [3.05, 3.63) is 62.4 Å². The summed E-state index contributed by atoms with van der Waals surface area (Å²) >= 11 is 11.6. The number of hydrogen-bond donors (Lipinski definition) is 1. The van der Waals surface area contributed by atoms with Gasteiger partial charge in [-0.3, -0.25) is 14.9 Å². The molecule has 0 radical (unpaired) electrons. The van der Waals surface area contributed by atoms with E-state index in [4.69, 9.17) is 23.2 Å². The minimum Gasteiger partial charge on any atom is -0.322 e. The molecule has 0 aliphatic rings. The number of anilines is 1. The number of aromatic nitrogens is 1. The maximum absolute atomic E-state index is 12.0. The van der Waals surface area contributed by atoms with Gasteiger partial charge in [0, 0.05) is 24.0 Å². The van der Waals surface area contributed by atoms with Crippen LogP contribution in [0, 0.1) is 10.1 Å². The third-order valence-electron chi connectivity index (χ3n) is 2.39. The summed E-state index contributed by atoms with van der Waals surface area (Å²) in [4.78, 5) is 25.8. The van der Waals surface area contributed by atoms with Crippen LogP contribution in [-0.4, -0.2) is 15.8 Å². The van der Waals surface area contributed by atoms with Crippen LogP contribution in [0.1, 0.15) is 10.4 Å². The number of nitro groups is 1. The number of halogens is 2. The van der Waals surface area contributed by atoms with Gasteiger partial charge in [0.25, 0.3) is 11.6 Å². The number of nitro benzene ring substituents is 1. The highest BCUT2D eigenvalue weighted by Gasteiger charge is 2.15. The molecule has 1 amide bonds. The molecular weight excluding hydrogens is 305 g/mol. The summed E-state index contributed by atoms with van der Waals surface area (Å²) in [5.74, 6) is -0.493. The molecule has 0 fully saturated rings. The number of carbonyl (C=O) groups excluding carboxylic acids is 1. The number of carbonyl (C=O) groups is 1. The molecule has 0 aliphatic carbocycles. The van der Waals surface area contributed by atoms with Crippen LogP contribution >= 0.6 is 23.2 Å². The summed E-state index contributed by atoms with van der Waals surface area (Å²) in [7, 11) is 0. The molecule has 1 aromatic heterocycles. The Bertz CT molecular complexity index is 691. The van der Waals surface area contributed by atoms with E-state index >= 15 is 0 Å². The molecule has 2 aromatic rings. The van der Waals surface area contributed by atoms with Crippen LogP contribution < -0.4 is 5.32 Å². The molecule has 0 unspecified atom stereocenters. The number of benzene rings is 1. The Labute approximate surface area is 123 Å². The minimum absolute atomic E-state index is 0.00291. The van der Waals surface area contributed by atoms with Gasteiger partial charge >= 0.3 is 0 Å². The molecule has 20 heavy (non-hydrogen) atoms. The van der Waals surface area contributed by atoms with Gasteiger partial charge in [-0.15, -0.1) is 0 Å². The molecular formula is C12H7Cl2N3O3. The minimum atomic E-state index is -0.587. The van der Waals surface area contributed by atoms with E-state index in [-0.39, 0.29) is 21.4 Å². The van der Waals surface area contributed by atoms with Crippen molar-refractivity contribution >= 4 is 40.5 Å². The van der Waals surface area contributed by atoms with Gasteiger partial charge in [0.2, 0.25) is 0 Å². The number of hydrogen-bond acceptors (Lipinski definition) is 4. The second-order valence-electron chi connectivity index (χ2n) is 3.74. The Morgan fingerprint density at radius 3 is 2.60 bits per heavy atom. The number of non-ortho nitro benzene ring substituents is 1. The van der Waals surface area contributed by atoms with E-state index in [9.17, 15) is 14.9 Å². The SMILES string of the molecule is O=C(Nc1ccnc(Cl)c1)c1ccc([N+](=O)[O-])cc1Cl. The normalized spacial score (nSPS) is 10.1. The smallest absolute Gasteiger partial charge is 0.270 e. The molecule has 2 rings (SSSR count). The second-order valence-corrected chi connectivity index (χ2v) is 4.54. The first-order valence-corrected chi connectivity index (χ1v) is 6.10. The average molecular weight is 312 g/mol. The molecule has 0 saturated carbocycles. The van der Waals surface area contributed by atoms with Crippen LogP contribution in [0.2, 0.25) is 10.2 Å². The third-order valence-corrected chi connectivity index (χ3v) is 2.91. The monoisotopic (exact) mass is 311 g/mol. The lowest BCUT2D eigenvalue weighted by atomic mass is 10.2. The summed E-state index contributed by atoms with van der Waals surface area (Å²) < 4.78 is 0. The molecule has 8 heteroatoms. The van der Waals surface area contributed by atoms with E-state index < -0.39 is 10.8 Å². The van der Waals surface area contributed by atoms with Crippen LogP contribution in [0.15, 0.2) is 36.5 Å². The van der Waals surface area contributed by atoms with Crippen molar-refractivity contribution in [3.8, 4) is 0 Å². The zero-order valence-corrected chi connectivity index (χ0v) is 11.4. The lowest BCUT2D eigenvalue weighted by Gasteiger charge is -2.06. The summed E-state index contributed by atoms with van der Waals surface area (Å²) in [5.41, 5.74) is 0.396. The Hall–Kier alpha value is -2.18. The Kier molecular flexibility index (Phi) is 4.16. The van der Waals surface area contributed by atoms with Crippen molar-refractivity contribution in [2.75, 3.05) is 5.32 Å². The van der Waals surface area contributed by atoms with Crippen LogP contribution in [0.5, 0.6) is 0 Å². The van der Waals surface area contributed by atoms with Gasteiger partial charge in [0.15, 0.2) is 0 Å². The highest BCUT2D eigenvalue weighted by Crippen LogP contribution is 2.23. The molecule has 1 heterocycles. The zero-order chi connectivity index (χ0) is 14.7. The predicted molar refractivity (Wildman–Crippen MR) is 75.3 cm³/mol. The van der Waals surface area contributed by atoms with Crippen molar-refractivity contribution in [2.24, 2.45) is 0 Å². The third kappa shape index (κ3) is 3.23. The van der Waals surface area contributed by atoms with E-state index in [1.54, 1.807) is 6.07 Å². The van der Waals surface area contributed by atoms with Crippen molar-refractivity contribution in [2.45, 2.75) is 0 Å². The van der Waals surface area contributed by atoms with Crippen molar-refractivity contribution in [1.82, 2.24) is 4.98 Å². The molecule has 102 valence electrons. The molecule has 1 N–H and O–H groups in total. The number of pyridine rings is 1. The summed E-state index contributed by atoms with van der Waals surface area (Å²) in [6.07, 6.45) is 1.44. The molecule has 0 bridgehead atoms. The maximum atomic E-state index is 12.0. The van der Waals surface area contributed by atoms with Gasteiger partial charge in [0.1, 0.15) is 5.15 Å². The molecule has 0 atom stereocenters. The quantitative estimate of drug-likeness (QED) is 0.533. The van der Waals surface area contributed by atoms with E-state index in [1.807, 2.05) is 0 Å². The first-order valence-electron chi connectivity index (χ1n) is 5.34. The van der Waals surface area contributed by atoms with E-state index in [1.165, 1.54) is 24.4 Å². The van der Waals surface area contributed by atoms with Gasteiger partial charge in [-0.25, -0.2) is 4.98 Å². The number of rotatable bonds is 3. The van der Waals surface area contributed by atoms with E-state index in [0.29, 0.717) is 5.69 Å². The number of nitrogens with zero attached hydrogens (tertiary/aromatic N) is 2. The Balaban J connectivity index is 2.23. The van der Waals surface area contributed by atoms with Gasteiger partial charge in [-0.2, -0.15) is 0 Å². The van der Waals surface area contributed by atoms with Crippen LogP contribution in [-0.2, 0) is 0 Å². The molecule has 0 spiro atoms. The first kappa shape index (κ1) is 14.2.